The standard InChI is InChI=1S/C10H8N2O3S/c1-15-9-8(11-2-3-12-9)7-4-6(5-16-7)10(13)14/h2-5H,1H3,(H,13,14). The largest absolute Gasteiger partial charge is 0.479 e. The summed E-state index contributed by atoms with van der Waals surface area (Å²) in [6.45, 7) is 0. The number of ether oxygens (including phenoxy) is 1. The molecule has 0 aliphatic rings. The minimum Gasteiger partial charge on any atom is -0.479 e. The maximum atomic E-state index is 10.7. The molecule has 1 N–H and O–H groups in total. The van der Waals surface area contributed by atoms with Crippen LogP contribution in [-0.4, -0.2) is 28.2 Å². The maximum absolute atomic E-state index is 10.7. The van der Waals surface area contributed by atoms with Crippen molar-refractivity contribution in [3.05, 3.63) is 29.4 Å². The first-order valence-electron chi connectivity index (χ1n) is 4.39. The first kappa shape index (κ1) is 10.6. The zero-order chi connectivity index (χ0) is 11.5. The van der Waals surface area contributed by atoms with Crippen molar-refractivity contribution in [2.45, 2.75) is 0 Å². The predicted molar refractivity (Wildman–Crippen MR) is 58.9 cm³/mol. The first-order chi connectivity index (χ1) is 7.72. The lowest BCUT2D eigenvalue weighted by Gasteiger charge is -2.02. The second kappa shape index (κ2) is 4.28. The summed E-state index contributed by atoms with van der Waals surface area (Å²) >= 11 is 1.30. The highest BCUT2D eigenvalue weighted by Gasteiger charge is 2.13. The Balaban J connectivity index is 2.46. The number of carboxylic acids is 1. The first-order valence-corrected chi connectivity index (χ1v) is 5.27. The summed E-state index contributed by atoms with van der Waals surface area (Å²) in [5.74, 6) is -0.563. The Morgan fingerprint density at radius 3 is 2.81 bits per heavy atom. The highest BCUT2D eigenvalue weighted by atomic mass is 32.1. The van der Waals surface area contributed by atoms with E-state index in [4.69, 9.17) is 9.84 Å². The van der Waals surface area contributed by atoms with E-state index >= 15 is 0 Å². The minimum absolute atomic E-state index is 0.243. The van der Waals surface area contributed by atoms with Gasteiger partial charge in [-0.15, -0.1) is 11.3 Å². The molecule has 0 bridgehead atoms. The number of rotatable bonds is 3. The molecule has 2 aromatic rings. The van der Waals surface area contributed by atoms with Crippen LogP contribution in [0.3, 0.4) is 0 Å². The molecule has 6 heteroatoms. The van der Waals surface area contributed by atoms with Crippen molar-refractivity contribution < 1.29 is 14.6 Å². The van der Waals surface area contributed by atoms with E-state index in [9.17, 15) is 4.79 Å². The summed E-state index contributed by atoms with van der Waals surface area (Å²) in [7, 11) is 1.50. The number of aromatic nitrogens is 2. The van der Waals surface area contributed by atoms with Crippen LogP contribution in [0.25, 0.3) is 10.6 Å². The normalized spacial score (nSPS) is 10.1. The Hall–Kier alpha value is -1.95. The van der Waals surface area contributed by atoms with Crippen LogP contribution in [-0.2, 0) is 0 Å². The van der Waals surface area contributed by atoms with Crippen molar-refractivity contribution >= 4 is 17.3 Å². The quantitative estimate of drug-likeness (QED) is 0.881. The van der Waals surface area contributed by atoms with Crippen molar-refractivity contribution in [2.24, 2.45) is 0 Å². The number of carboxylic acid groups (broad SMARTS) is 1. The van der Waals surface area contributed by atoms with Crippen LogP contribution in [0.1, 0.15) is 10.4 Å². The van der Waals surface area contributed by atoms with E-state index in [-0.39, 0.29) is 5.56 Å². The van der Waals surface area contributed by atoms with Gasteiger partial charge in [-0.05, 0) is 6.07 Å². The van der Waals surface area contributed by atoms with Gasteiger partial charge in [0.25, 0.3) is 0 Å². The summed E-state index contributed by atoms with van der Waals surface area (Å²) in [6.07, 6.45) is 3.06. The van der Waals surface area contributed by atoms with Gasteiger partial charge in [-0.1, -0.05) is 0 Å². The third-order valence-corrected chi connectivity index (χ3v) is 2.87. The van der Waals surface area contributed by atoms with Gasteiger partial charge in [0.1, 0.15) is 5.69 Å². The fraction of sp³-hybridized carbons (Fsp3) is 0.100. The molecule has 16 heavy (non-hydrogen) atoms. The van der Waals surface area contributed by atoms with Gasteiger partial charge in [0.05, 0.1) is 17.6 Å². The van der Waals surface area contributed by atoms with Crippen molar-refractivity contribution in [3.8, 4) is 16.5 Å². The average Bonchev–Trinajstić information content (AvgIpc) is 2.78. The molecule has 0 saturated heterocycles. The van der Waals surface area contributed by atoms with Crippen molar-refractivity contribution in [1.82, 2.24) is 9.97 Å². The summed E-state index contributed by atoms with van der Waals surface area (Å²) in [5.41, 5.74) is 0.801. The van der Waals surface area contributed by atoms with Gasteiger partial charge in [0.15, 0.2) is 0 Å². The van der Waals surface area contributed by atoms with E-state index in [1.165, 1.54) is 30.8 Å². The van der Waals surface area contributed by atoms with Gasteiger partial charge in [-0.3, -0.25) is 0 Å². The van der Waals surface area contributed by atoms with Crippen molar-refractivity contribution in [1.29, 1.82) is 0 Å². The molecule has 0 aromatic carbocycles. The SMILES string of the molecule is COc1nccnc1-c1cc(C(=O)O)cs1. The number of hydrogen-bond donors (Lipinski definition) is 1. The van der Waals surface area contributed by atoms with E-state index in [0.717, 1.165) is 4.88 Å². The van der Waals surface area contributed by atoms with E-state index in [2.05, 4.69) is 9.97 Å². The van der Waals surface area contributed by atoms with Gasteiger partial charge >= 0.3 is 5.97 Å². The molecule has 0 saturated carbocycles. The van der Waals surface area contributed by atoms with Crippen LogP contribution in [0, 0.1) is 0 Å². The smallest absolute Gasteiger partial charge is 0.336 e. The monoisotopic (exact) mass is 236 g/mol. The molecule has 5 nitrogen and oxygen atoms in total. The zero-order valence-electron chi connectivity index (χ0n) is 8.38. The molecule has 0 aliphatic heterocycles. The third-order valence-electron chi connectivity index (χ3n) is 1.94. The Labute approximate surface area is 95.4 Å². The second-order valence-electron chi connectivity index (χ2n) is 2.92. The summed E-state index contributed by atoms with van der Waals surface area (Å²) in [4.78, 5) is 19.6. The minimum atomic E-state index is -0.953. The fourth-order valence-electron chi connectivity index (χ4n) is 1.22. The van der Waals surface area contributed by atoms with Crippen molar-refractivity contribution in [3.63, 3.8) is 0 Å². The number of aromatic carboxylic acids is 1. The third kappa shape index (κ3) is 1.87. The topological polar surface area (TPSA) is 72.3 Å². The van der Waals surface area contributed by atoms with Gasteiger partial charge in [-0.25, -0.2) is 14.8 Å². The Morgan fingerprint density at radius 2 is 2.19 bits per heavy atom. The van der Waals surface area contributed by atoms with Gasteiger partial charge in [-0.2, -0.15) is 0 Å². The lowest BCUT2D eigenvalue weighted by atomic mass is 10.3. The summed E-state index contributed by atoms with van der Waals surface area (Å²) in [5, 5.41) is 10.4. The molecule has 0 atom stereocenters. The maximum Gasteiger partial charge on any atom is 0.336 e. The molecular formula is C10H8N2O3S. The number of methoxy groups -OCH3 is 1. The summed E-state index contributed by atoms with van der Waals surface area (Å²) in [6, 6.07) is 1.56. The molecule has 0 spiro atoms. The predicted octanol–water partition coefficient (Wildman–Crippen LogP) is 1.91. The number of thiophene rings is 1. The molecule has 2 heterocycles. The molecule has 0 amide bonds. The van der Waals surface area contributed by atoms with Gasteiger partial charge in [0.2, 0.25) is 5.88 Å². The lowest BCUT2D eigenvalue weighted by molar-refractivity contribution is 0.0697. The van der Waals surface area contributed by atoms with Crippen LogP contribution in [0.2, 0.25) is 0 Å². The average molecular weight is 236 g/mol. The van der Waals surface area contributed by atoms with Crippen LogP contribution in [0.4, 0.5) is 0 Å². The molecule has 2 aromatic heterocycles. The van der Waals surface area contributed by atoms with Gasteiger partial charge < -0.3 is 9.84 Å². The molecule has 0 aliphatic carbocycles. The molecule has 0 radical (unpaired) electrons. The van der Waals surface area contributed by atoms with Crippen LogP contribution < -0.4 is 4.74 Å². The molecule has 2 rings (SSSR count). The van der Waals surface area contributed by atoms with Crippen LogP contribution in [0.15, 0.2) is 23.8 Å². The Kier molecular flexibility index (Phi) is 2.82. The van der Waals surface area contributed by atoms with Gasteiger partial charge in [0, 0.05) is 17.8 Å². The molecule has 0 fully saturated rings. The van der Waals surface area contributed by atoms with E-state index in [1.807, 2.05) is 0 Å². The Morgan fingerprint density at radius 1 is 1.44 bits per heavy atom. The lowest BCUT2D eigenvalue weighted by Crippen LogP contribution is -1.93. The highest BCUT2D eigenvalue weighted by molar-refractivity contribution is 7.13. The fourth-order valence-corrected chi connectivity index (χ4v) is 2.09. The highest BCUT2D eigenvalue weighted by Crippen LogP contribution is 2.30. The van der Waals surface area contributed by atoms with E-state index in [0.29, 0.717) is 11.6 Å². The molecule has 0 unspecified atom stereocenters. The van der Waals surface area contributed by atoms with E-state index in [1.54, 1.807) is 11.4 Å². The molecule has 82 valence electrons. The molecular weight excluding hydrogens is 228 g/mol. The number of nitrogens with zero attached hydrogens (tertiary/aromatic N) is 2. The van der Waals surface area contributed by atoms with Crippen LogP contribution >= 0.6 is 11.3 Å². The number of hydrogen-bond acceptors (Lipinski definition) is 5. The zero-order valence-corrected chi connectivity index (χ0v) is 9.19. The summed E-state index contributed by atoms with van der Waals surface area (Å²) < 4.78 is 5.06. The second-order valence-corrected chi connectivity index (χ2v) is 3.83. The van der Waals surface area contributed by atoms with E-state index < -0.39 is 5.97 Å². The number of carbonyl (C=O) groups is 1. The Bertz CT molecular complexity index is 524. The van der Waals surface area contributed by atoms with Crippen LogP contribution in [0.5, 0.6) is 5.88 Å². The van der Waals surface area contributed by atoms with Crippen molar-refractivity contribution in [2.75, 3.05) is 7.11 Å².